The first-order chi connectivity index (χ1) is 10.8. The molecule has 2 rings (SSSR count). The summed E-state index contributed by atoms with van der Waals surface area (Å²) in [5.74, 6) is -0.751. The molecule has 0 aromatic carbocycles. The Morgan fingerprint density at radius 3 is 2.65 bits per heavy atom. The molecule has 23 heavy (non-hydrogen) atoms. The minimum atomic E-state index is -1.11. The maximum atomic E-state index is 11.9. The summed E-state index contributed by atoms with van der Waals surface area (Å²) in [6.07, 6.45) is 2.66. The Kier molecular flexibility index (Phi) is 6.19. The van der Waals surface area contributed by atoms with Gasteiger partial charge in [0, 0.05) is 10.9 Å². The highest BCUT2D eigenvalue weighted by molar-refractivity contribution is 7.09. The fourth-order valence-electron chi connectivity index (χ4n) is 3.42. The van der Waals surface area contributed by atoms with E-state index < -0.39 is 29.6 Å². The molecule has 6 N–H and O–H groups in total. The van der Waals surface area contributed by atoms with Gasteiger partial charge < -0.3 is 21.7 Å². The topological polar surface area (TPSA) is 110 Å². The van der Waals surface area contributed by atoms with E-state index >= 15 is 0 Å². The first-order valence-corrected chi connectivity index (χ1v) is 9.17. The molecule has 5 nitrogen and oxygen atoms in total. The molecule has 0 spiro atoms. The molecule has 1 aromatic rings. The summed E-state index contributed by atoms with van der Waals surface area (Å²) < 4.78 is 0. The van der Waals surface area contributed by atoms with Gasteiger partial charge in [-0.1, -0.05) is 13.0 Å². The van der Waals surface area contributed by atoms with Crippen molar-refractivity contribution in [2.24, 2.45) is 23.3 Å². The number of hydrogen-bond acceptors (Lipinski definition) is 5. The average molecular weight is 340 g/mol. The smallest absolute Gasteiger partial charge is 0.223 e. The summed E-state index contributed by atoms with van der Waals surface area (Å²) in [7, 11) is 0. The Hall–Kier alpha value is -0.950. The maximum absolute atomic E-state index is 11.9. The van der Waals surface area contributed by atoms with Gasteiger partial charge >= 0.3 is 0 Å². The quantitative estimate of drug-likeness (QED) is 0.601. The zero-order chi connectivity index (χ0) is 17.0. The molecule has 0 aliphatic heterocycles. The SMILES string of the molecule is CC1CCC(O)(C(CC(O)C(N)Cc2cccs2)C(N)=O)CC1. The molecule has 1 aliphatic carbocycles. The van der Waals surface area contributed by atoms with Gasteiger partial charge in [0.2, 0.25) is 5.91 Å². The third kappa shape index (κ3) is 4.76. The Morgan fingerprint density at radius 1 is 1.48 bits per heavy atom. The molecule has 0 saturated heterocycles. The maximum Gasteiger partial charge on any atom is 0.223 e. The van der Waals surface area contributed by atoms with E-state index in [1.54, 1.807) is 11.3 Å². The number of thiophene rings is 1. The molecular weight excluding hydrogens is 312 g/mol. The van der Waals surface area contributed by atoms with E-state index in [0.717, 1.165) is 17.7 Å². The molecule has 1 aromatic heterocycles. The van der Waals surface area contributed by atoms with Crippen molar-refractivity contribution >= 4 is 17.2 Å². The predicted molar refractivity (Wildman–Crippen MR) is 91.9 cm³/mol. The molecule has 0 bridgehead atoms. The lowest BCUT2D eigenvalue weighted by molar-refractivity contribution is -0.138. The average Bonchev–Trinajstić information content (AvgIpc) is 3.00. The van der Waals surface area contributed by atoms with E-state index in [1.807, 2.05) is 17.5 Å². The van der Waals surface area contributed by atoms with E-state index in [2.05, 4.69) is 6.92 Å². The molecule has 130 valence electrons. The van der Waals surface area contributed by atoms with Crippen LogP contribution in [0.3, 0.4) is 0 Å². The van der Waals surface area contributed by atoms with Crippen LogP contribution in [0, 0.1) is 11.8 Å². The molecule has 1 aliphatic rings. The summed E-state index contributed by atoms with van der Waals surface area (Å²) in [6.45, 7) is 2.14. The van der Waals surface area contributed by atoms with Crippen LogP contribution in [0.5, 0.6) is 0 Å². The monoisotopic (exact) mass is 340 g/mol. The Labute approximate surface area is 141 Å². The van der Waals surface area contributed by atoms with Gasteiger partial charge in [-0.2, -0.15) is 0 Å². The summed E-state index contributed by atoms with van der Waals surface area (Å²) in [6, 6.07) is 3.44. The van der Waals surface area contributed by atoms with Gasteiger partial charge in [-0.15, -0.1) is 11.3 Å². The van der Waals surface area contributed by atoms with E-state index in [9.17, 15) is 15.0 Å². The number of nitrogens with two attached hydrogens (primary N) is 2. The molecule has 6 heteroatoms. The van der Waals surface area contributed by atoms with Crippen molar-refractivity contribution in [1.82, 2.24) is 0 Å². The van der Waals surface area contributed by atoms with Crippen LogP contribution in [-0.4, -0.2) is 33.9 Å². The van der Waals surface area contributed by atoms with Gasteiger partial charge in [-0.05, 0) is 55.9 Å². The van der Waals surface area contributed by atoms with Gasteiger partial charge in [0.25, 0.3) is 0 Å². The zero-order valence-corrected chi connectivity index (χ0v) is 14.5. The molecule has 1 saturated carbocycles. The second kappa shape index (κ2) is 7.75. The molecule has 1 amide bonds. The number of carbonyl (C=O) groups excluding carboxylic acids is 1. The van der Waals surface area contributed by atoms with E-state index in [1.165, 1.54) is 0 Å². The Bertz CT molecular complexity index is 498. The van der Waals surface area contributed by atoms with Gasteiger partial charge in [0.05, 0.1) is 17.6 Å². The minimum absolute atomic E-state index is 0.118. The third-order valence-corrected chi connectivity index (χ3v) is 6.02. The number of aliphatic hydroxyl groups is 2. The number of amides is 1. The van der Waals surface area contributed by atoms with Crippen molar-refractivity contribution in [3.8, 4) is 0 Å². The summed E-state index contributed by atoms with van der Waals surface area (Å²) in [5.41, 5.74) is 10.5. The number of aliphatic hydroxyl groups excluding tert-OH is 1. The van der Waals surface area contributed by atoms with Crippen LogP contribution >= 0.6 is 11.3 Å². The van der Waals surface area contributed by atoms with Crippen LogP contribution in [-0.2, 0) is 11.2 Å². The highest BCUT2D eigenvalue weighted by atomic mass is 32.1. The van der Waals surface area contributed by atoms with Crippen molar-refractivity contribution in [3.05, 3.63) is 22.4 Å². The molecule has 0 radical (unpaired) electrons. The van der Waals surface area contributed by atoms with Crippen LogP contribution in [0.4, 0.5) is 0 Å². The van der Waals surface area contributed by atoms with Gasteiger partial charge in [-0.25, -0.2) is 0 Å². The normalized spacial score (nSPS) is 29.0. The first-order valence-electron chi connectivity index (χ1n) is 8.29. The number of rotatable bonds is 7. The highest BCUT2D eigenvalue weighted by Crippen LogP contribution is 2.39. The fourth-order valence-corrected chi connectivity index (χ4v) is 4.20. The lowest BCUT2D eigenvalue weighted by Crippen LogP contribution is -2.50. The zero-order valence-electron chi connectivity index (χ0n) is 13.6. The van der Waals surface area contributed by atoms with E-state index in [4.69, 9.17) is 11.5 Å². The summed E-state index contributed by atoms with van der Waals surface area (Å²) >= 11 is 1.59. The van der Waals surface area contributed by atoms with Crippen LogP contribution in [0.15, 0.2) is 17.5 Å². The highest BCUT2D eigenvalue weighted by Gasteiger charge is 2.43. The van der Waals surface area contributed by atoms with E-state index in [0.29, 0.717) is 25.2 Å². The third-order valence-electron chi connectivity index (χ3n) is 5.12. The lowest BCUT2D eigenvalue weighted by atomic mass is 9.70. The second-order valence-electron chi connectivity index (χ2n) is 6.99. The second-order valence-corrected chi connectivity index (χ2v) is 8.02. The number of primary amides is 1. The molecule has 1 fully saturated rings. The van der Waals surface area contributed by atoms with Crippen LogP contribution in [0.2, 0.25) is 0 Å². The molecule has 3 atom stereocenters. The standard InChI is InChI=1S/C17H28N2O3S/c1-11-4-6-17(22,7-5-11)13(16(19)21)10-15(20)14(18)9-12-3-2-8-23-12/h2-3,8,11,13-15,20,22H,4-7,9-10,18H2,1H3,(H2,19,21). The van der Waals surface area contributed by atoms with E-state index in [-0.39, 0.29) is 6.42 Å². The molecular formula is C17H28N2O3S. The lowest BCUT2D eigenvalue weighted by Gasteiger charge is -2.40. The fraction of sp³-hybridized carbons (Fsp3) is 0.706. The van der Waals surface area contributed by atoms with Gasteiger partial charge in [0.15, 0.2) is 0 Å². The first kappa shape index (κ1) is 18.4. The van der Waals surface area contributed by atoms with Gasteiger partial charge in [0.1, 0.15) is 0 Å². The Balaban J connectivity index is 1.99. The number of hydrogen-bond donors (Lipinski definition) is 4. The van der Waals surface area contributed by atoms with Crippen molar-refractivity contribution in [2.75, 3.05) is 0 Å². The summed E-state index contributed by atoms with van der Waals surface area (Å²) in [5, 5.41) is 23.2. The van der Waals surface area contributed by atoms with Crippen LogP contribution < -0.4 is 11.5 Å². The minimum Gasteiger partial charge on any atom is -0.391 e. The predicted octanol–water partition coefficient (Wildman–Crippen LogP) is 1.41. The largest absolute Gasteiger partial charge is 0.391 e. The van der Waals surface area contributed by atoms with Crippen molar-refractivity contribution in [2.45, 2.75) is 63.2 Å². The van der Waals surface area contributed by atoms with Crippen molar-refractivity contribution < 1.29 is 15.0 Å². The van der Waals surface area contributed by atoms with Crippen LogP contribution in [0.25, 0.3) is 0 Å². The van der Waals surface area contributed by atoms with Gasteiger partial charge in [-0.3, -0.25) is 4.79 Å². The Morgan fingerprint density at radius 2 is 2.13 bits per heavy atom. The molecule has 1 heterocycles. The molecule has 3 unspecified atom stereocenters. The van der Waals surface area contributed by atoms with Crippen molar-refractivity contribution in [3.63, 3.8) is 0 Å². The van der Waals surface area contributed by atoms with Crippen molar-refractivity contribution in [1.29, 1.82) is 0 Å². The van der Waals surface area contributed by atoms with Crippen LogP contribution in [0.1, 0.15) is 43.9 Å². The number of carbonyl (C=O) groups is 1. The summed E-state index contributed by atoms with van der Waals surface area (Å²) in [4.78, 5) is 13.0.